The molecule has 2 unspecified atom stereocenters. The first-order valence-corrected chi connectivity index (χ1v) is 11.9. The largest absolute Gasteiger partial charge is 0.357 e. The van der Waals surface area contributed by atoms with Crippen LogP contribution in [-0.4, -0.2) is 90.5 Å². The number of aliphatic imine (C=N–C) groups is 1. The molecule has 3 heterocycles. The van der Waals surface area contributed by atoms with E-state index in [4.69, 9.17) is 4.99 Å². The van der Waals surface area contributed by atoms with Crippen LogP contribution in [-0.2, 0) is 11.2 Å². The molecular weight excluding hydrogens is 388 g/mol. The fourth-order valence-electron chi connectivity index (χ4n) is 4.64. The molecule has 2 saturated heterocycles. The van der Waals surface area contributed by atoms with Crippen molar-refractivity contribution in [3.8, 4) is 0 Å². The van der Waals surface area contributed by atoms with Crippen molar-refractivity contribution < 1.29 is 4.79 Å². The third-order valence-corrected chi connectivity index (χ3v) is 6.22. The molecule has 172 valence electrons. The summed E-state index contributed by atoms with van der Waals surface area (Å²) >= 11 is 0. The molecule has 3 rings (SSSR count). The van der Waals surface area contributed by atoms with Crippen LogP contribution in [0.15, 0.2) is 23.3 Å². The Morgan fingerprint density at radius 2 is 1.84 bits per heavy atom. The molecular formula is C24H40N6O. The summed E-state index contributed by atoms with van der Waals surface area (Å²) < 4.78 is 0. The standard InChI is InChI=1S/C24H40N6O/c1-5-25-24(26-9-8-22-7-6-21(4)27-15-22)29-12-10-28(11-13-29)18-23(31)30-16-19(2)14-20(3)17-30/h6-7,15,19-20H,5,8-14,16-18H2,1-4H3,(H,25,26). The monoisotopic (exact) mass is 428 g/mol. The zero-order chi connectivity index (χ0) is 22.2. The molecule has 31 heavy (non-hydrogen) atoms. The van der Waals surface area contributed by atoms with Gasteiger partial charge in [0.25, 0.3) is 0 Å². The highest BCUT2D eigenvalue weighted by Gasteiger charge is 2.28. The van der Waals surface area contributed by atoms with Gasteiger partial charge in [-0.1, -0.05) is 19.9 Å². The number of likely N-dealkylation sites (tertiary alicyclic amines) is 1. The number of aryl methyl sites for hydroxylation is 1. The number of piperazine rings is 1. The Labute approximate surface area is 187 Å². The summed E-state index contributed by atoms with van der Waals surface area (Å²) in [6.45, 7) is 16.2. The molecule has 0 bridgehead atoms. The van der Waals surface area contributed by atoms with E-state index < -0.39 is 0 Å². The molecule has 1 N–H and O–H groups in total. The lowest BCUT2D eigenvalue weighted by atomic mass is 9.92. The SMILES string of the molecule is CCNC(=NCCc1ccc(C)nc1)N1CCN(CC(=O)N2CC(C)CC(C)C2)CC1. The number of carbonyl (C=O) groups excluding carboxylic acids is 1. The predicted octanol–water partition coefficient (Wildman–Crippen LogP) is 2.02. The summed E-state index contributed by atoms with van der Waals surface area (Å²) in [5, 5.41) is 3.43. The van der Waals surface area contributed by atoms with Crippen LogP contribution in [0.3, 0.4) is 0 Å². The van der Waals surface area contributed by atoms with Crippen LogP contribution >= 0.6 is 0 Å². The number of hydrogen-bond acceptors (Lipinski definition) is 4. The summed E-state index contributed by atoms with van der Waals surface area (Å²) in [6, 6.07) is 4.18. The van der Waals surface area contributed by atoms with Crippen molar-refractivity contribution in [3.05, 3.63) is 29.6 Å². The van der Waals surface area contributed by atoms with Gasteiger partial charge in [0.05, 0.1) is 6.54 Å². The average molecular weight is 429 g/mol. The van der Waals surface area contributed by atoms with Gasteiger partial charge in [0.1, 0.15) is 0 Å². The molecule has 0 spiro atoms. The highest BCUT2D eigenvalue weighted by atomic mass is 16.2. The summed E-state index contributed by atoms with van der Waals surface area (Å²) in [5.74, 6) is 2.49. The van der Waals surface area contributed by atoms with Crippen LogP contribution < -0.4 is 5.32 Å². The quantitative estimate of drug-likeness (QED) is 0.555. The lowest BCUT2D eigenvalue weighted by Crippen LogP contribution is -2.55. The van der Waals surface area contributed by atoms with Gasteiger partial charge in [0.2, 0.25) is 5.91 Å². The Morgan fingerprint density at radius 1 is 1.13 bits per heavy atom. The van der Waals surface area contributed by atoms with Crippen LogP contribution in [0.2, 0.25) is 0 Å². The second kappa shape index (κ2) is 11.5. The third-order valence-electron chi connectivity index (χ3n) is 6.22. The minimum absolute atomic E-state index is 0.291. The first-order valence-electron chi connectivity index (χ1n) is 11.9. The van der Waals surface area contributed by atoms with E-state index in [1.54, 1.807) is 0 Å². The fraction of sp³-hybridized carbons (Fsp3) is 0.708. The van der Waals surface area contributed by atoms with Gasteiger partial charge in [-0.15, -0.1) is 0 Å². The number of piperidine rings is 1. The molecule has 2 fully saturated rings. The molecule has 0 radical (unpaired) electrons. The van der Waals surface area contributed by atoms with Crippen LogP contribution in [0.1, 0.15) is 38.4 Å². The van der Waals surface area contributed by atoms with Crippen molar-refractivity contribution >= 4 is 11.9 Å². The topological polar surface area (TPSA) is 64.1 Å². The van der Waals surface area contributed by atoms with Crippen molar-refractivity contribution in [1.82, 2.24) is 25.0 Å². The Morgan fingerprint density at radius 3 is 2.45 bits per heavy atom. The predicted molar refractivity (Wildman–Crippen MR) is 126 cm³/mol. The third kappa shape index (κ3) is 7.20. The average Bonchev–Trinajstić information content (AvgIpc) is 2.74. The van der Waals surface area contributed by atoms with Crippen molar-refractivity contribution in [2.45, 2.75) is 40.5 Å². The fourth-order valence-corrected chi connectivity index (χ4v) is 4.64. The van der Waals surface area contributed by atoms with Gasteiger partial charge in [-0.2, -0.15) is 0 Å². The van der Waals surface area contributed by atoms with E-state index in [1.807, 2.05) is 13.1 Å². The van der Waals surface area contributed by atoms with E-state index in [2.05, 4.69) is 57.9 Å². The van der Waals surface area contributed by atoms with Gasteiger partial charge in [0.15, 0.2) is 5.96 Å². The Kier molecular flexibility index (Phi) is 8.69. The number of amides is 1. The highest BCUT2D eigenvalue weighted by molar-refractivity contribution is 5.80. The Bertz CT molecular complexity index is 716. The lowest BCUT2D eigenvalue weighted by molar-refractivity contribution is -0.135. The van der Waals surface area contributed by atoms with Gasteiger partial charge in [-0.05, 0) is 50.2 Å². The van der Waals surface area contributed by atoms with Gasteiger partial charge in [-0.3, -0.25) is 19.7 Å². The summed E-state index contributed by atoms with van der Waals surface area (Å²) in [7, 11) is 0. The number of rotatable bonds is 6. The van der Waals surface area contributed by atoms with Crippen LogP contribution in [0.5, 0.6) is 0 Å². The zero-order valence-electron chi connectivity index (χ0n) is 19.8. The molecule has 2 aliphatic rings. The van der Waals surface area contributed by atoms with E-state index in [9.17, 15) is 4.79 Å². The molecule has 7 heteroatoms. The second-order valence-corrected chi connectivity index (χ2v) is 9.30. The van der Waals surface area contributed by atoms with E-state index in [-0.39, 0.29) is 0 Å². The number of nitrogens with zero attached hydrogens (tertiary/aromatic N) is 5. The van der Waals surface area contributed by atoms with Crippen LogP contribution in [0.4, 0.5) is 0 Å². The number of aromatic nitrogens is 1. The number of hydrogen-bond donors (Lipinski definition) is 1. The highest BCUT2D eigenvalue weighted by Crippen LogP contribution is 2.21. The zero-order valence-corrected chi connectivity index (χ0v) is 19.8. The molecule has 0 aliphatic carbocycles. The summed E-state index contributed by atoms with van der Waals surface area (Å²) in [4.78, 5) is 28.7. The smallest absolute Gasteiger partial charge is 0.236 e. The van der Waals surface area contributed by atoms with E-state index >= 15 is 0 Å². The van der Waals surface area contributed by atoms with E-state index in [0.29, 0.717) is 24.3 Å². The van der Waals surface area contributed by atoms with Crippen LogP contribution in [0, 0.1) is 18.8 Å². The summed E-state index contributed by atoms with van der Waals surface area (Å²) in [5.41, 5.74) is 2.26. The van der Waals surface area contributed by atoms with Crippen molar-refractivity contribution in [3.63, 3.8) is 0 Å². The maximum atomic E-state index is 12.8. The van der Waals surface area contributed by atoms with Crippen LogP contribution in [0.25, 0.3) is 0 Å². The molecule has 2 atom stereocenters. The minimum Gasteiger partial charge on any atom is -0.357 e. The van der Waals surface area contributed by atoms with Gasteiger partial charge in [-0.25, -0.2) is 0 Å². The van der Waals surface area contributed by atoms with Gasteiger partial charge < -0.3 is 15.1 Å². The molecule has 7 nitrogen and oxygen atoms in total. The minimum atomic E-state index is 0.291. The molecule has 2 aliphatic heterocycles. The Balaban J connectivity index is 1.46. The van der Waals surface area contributed by atoms with E-state index in [1.165, 1.54) is 12.0 Å². The number of carbonyl (C=O) groups is 1. The van der Waals surface area contributed by atoms with Gasteiger partial charge in [0, 0.05) is 64.2 Å². The van der Waals surface area contributed by atoms with E-state index in [0.717, 1.165) is 70.4 Å². The van der Waals surface area contributed by atoms with Gasteiger partial charge >= 0.3 is 0 Å². The van der Waals surface area contributed by atoms with Crippen molar-refractivity contribution in [1.29, 1.82) is 0 Å². The first-order chi connectivity index (χ1) is 14.9. The second-order valence-electron chi connectivity index (χ2n) is 9.30. The lowest BCUT2D eigenvalue weighted by Gasteiger charge is -2.39. The van der Waals surface area contributed by atoms with Crippen molar-refractivity contribution in [2.24, 2.45) is 16.8 Å². The Hall–Kier alpha value is -2.15. The molecule has 1 aromatic heterocycles. The normalized spacial score (nSPS) is 23.2. The molecule has 1 amide bonds. The molecule has 0 aromatic carbocycles. The van der Waals surface area contributed by atoms with Crippen molar-refractivity contribution in [2.75, 3.05) is 58.9 Å². The number of pyridine rings is 1. The number of nitrogens with one attached hydrogen (secondary N) is 1. The molecule has 1 aromatic rings. The maximum Gasteiger partial charge on any atom is 0.236 e. The maximum absolute atomic E-state index is 12.8. The first kappa shape index (κ1) is 23.5. The summed E-state index contributed by atoms with van der Waals surface area (Å²) in [6.07, 6.45) is 4.07. The molecule has 0 saturated carbocycles. The number of guanidine groups is 1.